The van der Waals surface area contributed by atoms with Crippen LogP contribution in [0.15, 0.2) is 255 Å². The number of rotatable bonds is 8. The summed E-state index contributed by atoms with van der Waals surface area (Å²) >= 11 is 0. The van der Waals surface area contributed by atoms with Gasteiger partial charge in [0.25, 0.3) is 0 Å². The summed E-state index contributed by atoms with van der Waals surface area (Å²) in [6.45, 7) is 0. The van der Waals surface area contributed by atoms with Crippen LogP contribution in [-0.2, 0) is 5.41 Å². The van der Waals surface area contributed by atoms with E-state index in [0.29, 0.717) is 0 Å². The standard InChI is InChI=1S/C61H42N2/c1-5-18-43(19-6-1)45-32-36-49(37-33-45)62(47-22-9-3-10-23-47)51-40-41-53-52-26-13-15-28-55(52)61(58(53)42-51)56-29-16-14-27-54(56)60-57(61)30-17-31-59(60)63(48-24-11-4-12-25-48)50-38-34-46(35-39-50)44-20-7-2-8-21-44/h1-42H. The molecule has 0 saturated carbocycles. The zero-order valence-electron chi connectivity index (χ0n) is 34.6. The number of benzene rings is 10. The van der Waals surface area contributed by atoms with Crippen molar-refractivity contribution < 1.29 is 0 Å². The topological polar surface area (TPSA) is 6.48 Å². The number of para-hydroxylation sites is 2. The Balaban J connectivity index is 1.07. The number of hydrogen-bond acceptors (Lipinski definition) is 2. The first kappa shape index (κ1) is 36.6. The molecule has 10 aromatic carbocycles. The van der Waals surface area contributed by atoms with Gasteiger partial charge in [0.2, 0.25) is 0 Å². The van der Waals surface area contributed by atoms with E-state index in [9.17, 15) is 0 Å². The van der Waals surface area contributed by atoms with E-state index in [1.807, 2.05) is 0 Å². The minimum atomic E-state index is -0.553. The van der Waals surface area contributed by atoms with Crippen molar-refractivity contribution in [3.63, 3.8) is 0 Å². The van der Waals surface area contributed by atoms with E-state index >= 15 is 0 Å². The van der Waals surface area contributed by atoms with Crippen molar-refractivity contribution in [2.45, 2.75) is 5.41 Å². The Morgan fingerprint density at radius 2 is 0.635 bits per heavy atom. The van der Waals surface area contributed by atoms with E-state index in [1.54, 1.807) is 0 Å². The smallest absolute Gasteiger partial charge is 0.0727 e. The van der Waals surface area contributed by atoms with Gasteiger partial charge in [0.1, 0.15) is 0 Å². The van der Waals surface area contributed by atoms with Crippen molar-refractivity contribution in [3.05, 3.63) is 277 Å². The average Bonchev–Trinajstić information content (AvgIpc) is 3.83. The molecule has 0 amide bonds. The third-order valence-corrected chi connectivity index (χ3v) is 13.1. The molecule has 2 aliphatic rings. The Bertz CT molecular complexity index is 3250. The van der Waals surface area contributed by atoms with Gasteiger partial charge in [-0.2, -0.15) is 0 Å². The van der Waals surface area contributed by atoms with Crippen molar-refractivity contribution >= 4 is 34.1 Å². The van der Waals surface area contributed by atoms with E-state index < -0.39 is 5.41 Å². The largest absolute Gasteiger partial charge is 0.310 e. The van der Waals surface area contributed by atoms with Gasteiger partial charge in [-0.05, 0) is 128 Å². The lowest BCUT2D eigenvalue weighted by atomic mass is 9.70. The second-order valence-corrected chi connectivity index (χ2v) is 16.4. The van der Waals surface area contributed by atoms with Gasteiger partial charge in [0.05, 0.1) is 11.1 Å². The van der Waals surface area contributed by atoms with Crippen LogP contribution in [0.3, 0.4) is 0 Å². The highest BCUT2D eigenvalue weighted by Crippen LogP contribution is 2.65. The maximum atomic E-state index is 2.48. The van der Waals surface area contributed by atoms with E-state index in [-0.39, 0.29) is 0 Å². The molecular weight excluding hydrogens is 761 g/mol. The molecule has 0 N–H and O–H groups in total. The number of hydrogen-bond donors (Lipinski definition) is 0. The van der Waals surface area contributed by atoms with Crippen LogP contribution in [0.1, 0.15) is 22.3 Å². The van der Waals surface area contributed by atoms with Crippen LogP contribution >= 0.6 is 0 Å². The molecule has 1 atom stereocenters. The molecule has 1 unspecified atom stereocenters. The fraction of sp³-hybridized carbons (Fsp3) is 0.0164. The van der Waals surface area contributed by atoms with Crippen molar-refractivity contribution in [3.8, 4) is 44.5 Å². The molecule has 0 radical (unpaired) electrons. The van der Waals surface area contributed by atoms with Crippen LogP contribution in [0.2, 0.25) is 0 Å². The second kappa shape index (κ2) is 15.1. The molecule has 2 heteroatoms. The van der Waals surface area contributed by atoms with Crippen molar-refractivity contribution in [1.82, 2.24) is 0 Å². The molecule has 0 bridgehead atoms. The second-order valence-electron chi connectivity index (χ2n) is 16.4. The summed E-state index contributed by atoms with van der Waals surface area (Å²) in [6, 6.07) is 93.2. The number of nitrogens with zero attached hydrogens (tertiary/aromatic N) is 2. The molecule has 12 rings (SSSR count). The summed E-state index contributed by atoms with van der Waals surface area (Å²) < 4.78 is 0. The van der Waals surface area contributed by atoms with Crippen LogP contribution < -0.4 is 9.80 Å². The van der Waals surface area contributed by atoms with Gasteiger partial charge in [-0.25, -0.2) is 0 Å². The molecule has 0 heterocycles. The molecule has 0 fully saturated rings. The zero-order chi connectivity index (χ0) is 41.7. The van der Waals surface area contributed by atoms with Crippen LogP contribution in [-0.4, -0.2) is 0 Å². The minimum absolute atomic E-state index is 0.553. The maximum absolute atomic E-state index is 2.48. The van der Waals surface area contributed by atoms with Gasteiger partial charge in [0.15, 0.2) is 0 Å². The average molecular weight is 803 g/mol. The lowest BCUT2D eigenvalue weighted by Gasteiger charge is -2.33. The highest BCUT2D eigenvalue weighted by atomic mass is 15.1. The monoisotopic (exact) mass is 802 g/mol. The first-order valence-electron chi connectivity index (χ1n) is 21.8. The van der Waals surface area contributed by atoms with Gasteiger partial charge in [-0.1, -0.05) is 188 Å². The summed E-state index contributed by atoms with van der Waals surface area (Å²) in [4.78, 5) is 4.85. The molecule has 63 heavy (non-hydrogen) atoms. The van der Waals surface area contributed by atoms with Crippen molar-refractivity contribution in [2.75, 3.05) is 9.80 Å². The van der Waals surface area contributed by atoms with Crippen LogP contribution in [0.5, 0.6) is 0 Å². The Morgan fingerprint density at radius 3 is 1.22 bits per heavy atom. The summed E-state index contributed by atoms with van der Waals surface area (Å²) in [7, 11) is 0. The summed E-state index contributed by atoms with van der Waals surface area (Å²) in [5, 5.41) is 0. The molecule has 10 aromatic rings. The number of fused-ring (bicyclic) bond motifs is 10. The molecule has 0 saturated heterocycles. The summed E-state index contributed by atoms with van der Waals surface area (Å²) in [5.74, 6) is 0. The lowest BCUT2D eigenvalue weighted by molar-refractivity contribution is 0.793. The highest BCUT2D eigenvalue weighted by molar-refractivity contribution is 6.01. The van der Waals surface area contributed by atoms with E-state index in [2.05, 4.69) is 265 Å². The van der Waals surface area contributed by atoms with Crippen molar-refractivity contribution in [1.29, 1.82) is 0 Å². The molecule has 0 aromatic heterocycles. The van der Waals surface area contributed by atoms with E-state index in [0.717, 1.165) is 34.1 Å². The van der Waals surface area contributed by atoms with Crippen molar-refractivity contribution in [2.24, 2.45) is 0 Å². The summed E-state index contributed by atoms with van der Waals surface area (Å²) in [5.41, 5.74) is 21.3. The Morgan fingerprint density at radius 1 is 0.238 bits per heavy atom. The van der Waals surface area contributed by atoms with Gasteiger partial charge < -0.3 is 9.80 Å². The van der Waals surface area contributed by atoms with E-state index in [4.69, 9.17) is 0 Å². The first-order valence-corrected chi connectivity index (χ1v) is 21.8. The fourth-order valence-corrected chi connectivity index (χ4v) is 10.4. The zero-order valence-corrected chi connectivity index (χ0v) is 34.6. The van der Waals surface area contributed by atoms with Crippen LogP contribution in [0, 0.1) is 0 Å². The highest BCUT2D eigenvalue weighted by Gasteiger charge is 2.52. The lowest BCUT2D eigenvalue weighted by Crippen LogP contribution is -2.26. The minimum Gasteiger partial charge on any atom is -0.310 e. The molecule has 2 aliphatic carbocycles. The van der Waals surface area contributed by atoms with E-state index in [1.165, 1.54) is 66.8 Å². The quantitative estimate of drug-likeness (QED) is 0.151. The van der Waals surface area contributed by atoms with Gasteiger partial charge in [-0.15, -0.1) is 0 Å². The molecule has 296 valence electrons. The predicted octanol–water partition coefficient (Wildman–Crippen LogP) is 16.3. The summed E-state index contributed by atoms with van der Waals surface area (Å²) in [6.07, 6.45) is 0. The van der Waals surface area contributed by atoms with Gasteiger partial charge in [-0.3, -0.25) is 0 Å². The predicted molar refractivity (Wildman–Crippen MR) is 263 cm³/mol. The van der Waals surface area contributed by atoms with Crippen LogP contribution in [0.4, 0.5) is 34.1 Å². The molecular formula is C61H42N2. The Labute approximate surface area is 369 Å². The molecule has 0 aliphatic heterocycles. The first-order chi connectivity index (χ1) is 31.3. The normalized spacial score (nSPS) is 14.1. The molecule has 1 spiro atoms. The fourth-order valence-electron chi connectivity index (χ4n) is 10.4. The van der Waals surface area contributed by atoms with Crippen LogP contribution in [0.25, 0.3) is 44.5 Å². The number of anilines is 6. The third-order valence-electron chi connectivity index (χ3n) is 13.1. The Hall–Kier alpha value is -8.20. The molecule has 2 nitrogen and oxygen atoms in total. The SMILES string of the molecule is c1ccc(-c2ccc(N(c3ccccc3)c3ccc4c(c3)C3(c5ccccc5-4)c4ccccc4-c4c(N(c5ccccc5)c5ccc(-c6ccccc6)cc5)cccc43)cc2)cc1. The Kier molecular flexibility index (Phi) is 8.76. The maximum Gasteiger partial charge on any atom is 0.0727 e. The third kappa shape index (κ3) is 5.87. The van der Waals surface area contributed by atoms with Gasteiger partial charge >= 0.3 is 0 Å². The van der Waals surface area contributed by atoms with Gasteiger partial charge in [0, 0.05) is 34.0 Å².